The van der Waals surface area contributed by atoms with E-state index in [-0.39, 0.29) is 17.5 Å². The van der Waals surface area contributed by atoms with Gasteiger partial charge in [-0.1, -0.05) is 18.2 Å². The van der Waals surface area contributed by atoms with Gasteiger partial charge in [-0.15, -0.1) is 0 Å². The van der Waals surface area contributed by atoms with Crippen LogP contribution in [0.3, 0.4) is 0 Å². The second kappa shape index (κ2) is 8.63. The maximum absolute atomic E-state index is 13.6. The zero-order valence-electron chi connectivity index (χ0n) is 17.5. The molecule has 3 aromatic carbocycles. The summed E-state index contributed by atoms with van der Waals surface area (Å²) in [5.74, 6) is -1.11. The molecule has 164 valence electrons. The summed E-state index contributed by atoms with van der Waals surface area (Å²) in [5.41, 5.74) is 1.30. The molecule has 0 fully saturated rings. The van der Waals surface area contributed by atoms with E-state index in [0.29, 0.717) is 45.8 Å². The van der Waals surface area contributed by atoms with E-state index in [9.17, 15) is 14.4 Å². The number of benzene rings is 3. The maximum Gasteiger partial charge on any atom is 0.307 e. The molecule has 8 heteroatoms. The smallest absolute Gasteiger partial charge is 0.307 e. The van der Waals surface area contributed by atoms with Crippen molar-refractivity contribution in [3.8, 4) is 11.5 Å². The normalized spacial score (nSPS) is 12.9. The second-order valence-electron chi connectivity index (χ2n) is 7.15. The summed E-state index contributed by atoms with van der Waals surface area (Å²) in [6.07, 6.45) is -0.169. The lowest BCUT2D eigenvalue weighted by Gasteiger charge is -2.16. The van der Waals surface area contributed by atoms with E-state index in [2.05, 4.69) is 15.9 Å². The summed E-state index contributed by atoms with van der Waals surface area (Å²) < 4.78 is 11.9. The molecule has 1 aliphatic rings. The highest BCUT2D eigenvalue weighted by Crippen LogP contribution is 2.43. The molecule has 1 heterocycles. The Balaban J connectivity index is 1.92. The maximum atomic E-state index is 13.6. The molecular formula is C24H20BrNO6. The van der Waals surface area contributed by atoms with E-state index >= 15 is 0 Å². The number of carbonyl (C=O) groups excluding carboxylic acids is 2. The van der Waals surface area contributed by atoms with Gasteiger partial charge in [-0.05, 0) is 65.0 Å². The van der Waals surface area contributed by atoms with Gasteiger partial charge >= 0.3 is 5.97 Å². The van der Waals surface area contributed by atoms with Gasteiger partial charge in [-0.2, -0.15) is 0 Å². The number of aliphatic carboxylic acids is 1. The van der Waals surface area contributed by atoms with Crippen LogP contribution in [-0.2, 0) is 11.2 Å². The minimum Gasteiger partial charge on any atom is -0.493 e. The Hall–Kier alpha value is -3.39. The Bertz CT molecular complexity index is 1270. The van der Waals surface area contributed by atoms with Gasteiger partial charge in [-0.3, -0.25) is 14.4 Å². The van der Waals surface area contributed by atoms with Crippen LogP contribution in [0.15, 0.2) is 46.9 Å². The predicted molar refractivity (Wildman–Crippen MR) is 123 cm³/mol. The largest absolute Gasteiger partial charge is 0.493 e. The summed E-state index contributed by atoms with van der Waals surface area (Å²) in [7, 11) is 0. The number of rotatable bonds is 7. The van der Waals surface area contributed by atoms with Crippen LogP contribution < -0.4 is 14.4 Å². The van der Waals surface area contributed by atoms with Gasteiger partial charge in [0.1, 0.15) is 11.5 Å². The van der Waals surface area contributed by atoms with Gasteiger partial charge in [0.15, 0.2) is 0 Å². The summed E-state index contributed by atoms with van der Waals surface area (Å²) in [5, 5.41) is 10.3. The van der Waals surface area contributed by atoms with Crippen LogP contribution in [0.2, 0.25) is 0 Å². The van der Waals surface area contributed by atoms with Gasteiger partial charge in [0, 0.05) is 9.86 Å². The lowest BCUT2D eigenvalue weighted by atomic mass is 9.98. The van der Waals surface area contributed by atoms with Gasteiger partial charge in [0.25, 0.3) is 11.8 Å². The van der Waals surface area contributed by atoms with Crippen LogP contribution in [0, 0.1) is 0 Å². The highest BCUT2D eigenvalue weighted by Gasteiger charge is 2.42. The third-order valence-corrected chi connectivity index (χ3v) is 5.77. The number of hydrogen-bond donors (Lipinski definition) is 1. The minimum atomic E-state index is -0.971. The monoisotopic (exact) mass is 497 g/mol. The number of carbonyl (C=O) groups is 3. The predicted octanol–water partition coefficient (Wildman–Crippen LogP) is 4.83. The number of hydrogen-bond acceptors (Lipinski definition) is 5. The van der Waals surface area contributed by atoms with E-state index in [0.717, 1.165) is 10.3 Å². The fourth-order valence-corrected chi connectivity index (χ4v) is 4.52. The van der Waals surface area contributed by atoms with E-state index < -0.39 is 17.8 Å². The molecule has 0 aromatic heterocycles. The number of imide groups is 1. The summed E-state index contributed by atoms with van der Waals surface area (Å²) >= 11 is 3.39. The van der Waals surface area contributed by atoms with Crippen molar-refractivity contribution in [2.24, 2.45) is 0 Å². The molecule has 1 aliphatic heterocycles. The average molecular weight is 498 g/mol. The van der Waals surface area contributed by atoms with Gasteiger partial charge < -0.3 is 14.6 Å². The topological polar surface area (TPSA) is 93.1 Å². The number of anilines is 1. The van der Waals surface area contributed by atoms with Crippen LogP contribution in [-0.4, -0.2) is 36.1 Å². The van der Waals surface area contributed by atoms with Crippen LogP contribution in [0.4, 0.5) is 5.69 Å². The zero-order valence-corrected chi connectivity index (χ0v) is 19.1. The summed E-state index contributed by atoms with van der Waals surface area (Å²) in [4.78, 5) is 39.2. The molecule has 0 unspecified atom stereocenters. The molecule has 4 rings (SSSR count). The van der Waals surface area contributed by atoms with E-state index in [1.807, 2.05) is 26.0 Å². The molecule has 0 bridgehead atoms. The van der Waals surface area contributed by atoms with Crippen molar-refractivity contribution in [1.82, 2.24) is 0 Å². The molecule has 32 heavy (non-hydrogen) atoms. The van der Waals surface area contributed by atoms with Crippen molar-refractivity contribution in [2.75, 3.05) is 18.1 Å². The molecule has 0 saturated heterocycles. The fourth-order valence-electron chi connectivity index (χ4n) is 3.92. The van der Waals surface area contributed by atoms with Crippen molar-refractivity contribution in [3.63, 3.8) is 0 Å². The Kier molecular flexibility index (Phi) is 5.88. The SMILES string of the molecule is CCOc1cc2cccc(OCC)c2c2c1C(=O)N(c1ccc(CC(=O)O)cc1Br)C2=O. The number of ether oxygens (including phenoxy) is 2. The molecular weight excluding hydrogens is 478 g/mol. The number of carboxylic acids is 1. The van der Waals surface area contributed by atoms with Gasteiger partial charge in [0.2, 0.25) is 0 Å². The second-order valence-corrected chi connectivity index (χ2v) is 8.00. The number of halogens is 1. The average Bonchev–Trinajstić information content (AvgIpc) is 2.99. The van der Waals surface area contributed by atoms with Gasteiger partial charge in [-0.25, -0.2) is 4.90 Å². The van der Waals surface area contributed by atoms with Crippen LogP contribution >= 0.6 is 15.9 Å². The van der Waals surface area contributed by atoms with Crippen molar-refractivity contribution in [2.45, 2.75) is 20.3 Å². The van der Waals surface area contributed by atoms with Crippen molar-refractivity contribution in [1.29, 1.82) is 0 Å². The van der Waals surface area contributed by atoms with E-state index in [4.69, 9.17) is 14.6 Å². The Morgan fingerprint density at radius 1 is 0.969 bits per heavy atom. The van der Waals surface area contributed by atoms with Gasteiger partial charge in [0.05, 0.1) is 36.4 Å². The fraction of sp³-hybridized carbons (Fsp3) is 0.208. The first-order valence-corrected chi connectivity index (χ1v) is 10.9. The number of amides is 2. The molecule has 1 N–H and O–H groups in total. The zero-order chi connectivity index (χ0) is 23.0. The molecule has 0 saturated carbocycles. The lowest BCUT2D eigenvalue weighted by Crippen LogP contribution is -2.29. The standard InChI is InChI=1S/C24H20BrNO6/c1-3-31-17-7-5-6-14-12-18(32-4-2)21-22(20(14)17)24(30)26(23(21)29)16-9-8-13(10-15(16)25)11-19(27)28/h5-10,12H,3-4,11H2,1-2H3,(H,27,28). The van der Waals surface area contributed by atoms with Crippen molar-refractivity contribution in [3.05, 3.63) is 63.6 Å². The molecule has 0 spiro atoms. The first-order valence-electron chi connectivity index (χ1n) is 10.1. The minimum absolute atomic E-state index is 0.169. The summed E-state index contributed by atoms with van der Waals surface area (Å²) in [6, 6.07) is 11.9. The molecule has 7 nitrogen and oxygen atoms in total. The number of nitrogens with zero attached hydrogens (tertiary/aromatic N) is 1. The highest BCUT2D eigenvalue weighted by atomic mass is 79.9. The first kappa shape index (κ1) is 21.8. The van der Waals surface area contributed by atoms with E-state index in [1.165, 1.54) is 0 Å². The third kappa shape index (κ3) is 3.60. The third-order valence-electron chi connectivity index (χ3n) is 5.13. The van der Waals surface area contributed by atoms with Crippen LogP contribution in [0.5, 0.6) is 11.5 Å². The molecule has 0 atom stereocenters. The Labute approximate surface area is 192 Å². The van der Waals surface area contributed by atoms with Crippen LogP contribution in [0.1, 0.15) is 40.1 Å². The van der Waals surface area contributed by atoms with Crippen molar-refractivity contribution < 1.29 is 29.0 Å². The quantitative estimate of drug-likeness (QED) is 0.470. The summed E-state index contributed by atoms with van der Waals surface area (Å²) in [6.45, 7) is 4.40. The highest BCUT2D eigenvalue weighted by molar-refractivity contribution is 9.10. The van der Waals surface area contributed by atoms with Crippen LogP contribution in [0.25, 0.3) is 10.8 Å². The molecule has 0 aliphatic carbocycles. The number of carboxylic acid groups (broad SMARTS) is 1. The molecule has 3 aromatic rings. The molecule has 2 amide bonds. The Morgan fingerprint density at radius 3 is 2.31 bits per heavy atom. The Morgan fingerprint density at radius 2 is 1.66 bits per heavy atom. The molecule has 0 radical (unpaired) electrons. The van der Waals surface area contributed by atoms with E-state index in [1.54, 1.807) is 30.3 Å². The first-order chi connectivity index (χ1) is 15.4. The number of fused-ring (bicyclic) bond motifs is 3. The lowest BCUT2D eigenvalue weighted by molar-refractivity contribution is -0.136. The van der Waals surface area contributed by atoms with Crippen molar-refractivity contribution >= 4 is 50.2 Å².